The predicted octanol–water partition coefficient (Wildman–Crippen LogP) is 2.21. The van der Waals surface area contributed by atoms with Gasteiger partial charge in [-0.2, -0.15) is 5.10 Å². The van der Waals surface area contributed by atoms with Crippen molar-refractivity contribution in [1.82, 2.24) is 9.99 Å². The average molecular weight is 381 g/mol. The van der Waals surface area contributed by atoms with Crippen molar-refractivity contribution in [2.45, 2.75) is 13.5 Å². The Hall–Kier alpha value is -3.81. The van der Waals surface area contributed by atoms with Gasteiger partial charge in [0, 0.05) is 11.9 Å². The average Bonchev–Trinajstić information content (AvgIpc) is 2.69. The first-order valence-corrected chi connectivity index (χ1v) is 8.52. The summed E-state index contributed by atoms with van der Waals surface area (Å²) >= 11 is 0. The largest absolute Gasteiger partial charge is 0.506 e. The number of pyridine rings is 1. The van der Waals surface area contributed by atoms with Gasteiger partial charge in [0.1, 0.15) is 11.3 Å². The van der Waals surface area contributed by atoms with E-state index in [0.717, 1.165) is 0 Å². The summed E-state index contributed by atoms with van der Waals surface area (Å²) in [5, 5.41) is 24.3. The van der Waals surface area contributed by atoms with E-state index in [-0.39, 0.29) is 22.8 Å². The summed E-state index contributed by atoms with van der Waals surface area (Å²) in [5.41, 5.74) is 2.38. The maximum atomic E-state index is 12.7. The number of benzene rings is 2. The lowest BCUT2D eigenvalue weighted by Gasteiger charge is -2.12. The minimum absolute atomic E-state index is 0.0233. The number of carbonyl (C=O) groups excluding carboxylic acids is 1. The van der Waals surface area contributed by atoms with Crippen LogP contribution < -0.4 is 15.7 Å². The second-order valence-electron chi connectivity index (χ2n) is 5.92. The molecule has 144 valence electrons. The topological polar surface area (TPSA) is 113 Å². The van der Waals surface area contributed by atoms with Crippen molar-refractivity contribution in [3.8, 4) is 17.2 Å². The number of rotatable bonds is 5. The summed E-state index contributed by atoms with van der Waals surface area (Å²) < 4.78 is 6.42. The maximum Gasteiger partial charge on any atom is 0.280 e. The summed E-state index contributed by atoms with van der Waals surface area (Å²) in [4.78, 5) is 25.2. The Bertz CT molecular complexity index is 1130. The molecule has 3 N–H and O–H groups in total. The lowest BCUT2D eigenvalue weighted by molar-refractivity contribution is 0.0950. The Labute approximate surface area is 160 Å². The Morgan fingerprint density at radius 1 is 1.25 bits per heavy atom. The molecule has 8 heteroatoms. The third-order valence-corrected chi connectivity index (χ3v) is 4.27. The van der Waals surface area contributed by atoms with Gasteiger partial charge in [0.2, 0.25) is 0 Å². The van der Waals surface area contributed by atoms with E-state index in [4.69, 9.17) is 4.74 Å². The molecule has 0 aliphatic heterocycles. The lowest BCUT2D eigenvalue weighted by atomic mass is 10.1. The molecule has 0 saturated heterocycles. The lowest BCUT2D eigenvalue weighted by Crippen LogP contribution is -2.31. The molecule has 0 spiro atoms. The number of hydrogen-bond acceptors (Lipinski definition) is 6. The number of carbonyl (C=O) groups is 1. The predicted molar refractivity (Wildman–Crippen MR) is 105 cm³/mol. The molecular formula is C20H19N3O5. The minimum atomic E-state index is -0.822. The third-order valence-electron chi connectivity index (χ3n) is 4.27. The second-order valence-corrected chi connectivity index (χ2v) is 5.92. The van der Waals surface area contributed by atoms with E-state index in [1.165, 1.54) is 30.0 Å². The number of phenols is 1. The van der Waals surface area contributed by atoms with Crippen LogP contribution >= 0.6 is 0 Å². The first-order valence-electron chi connectivity index (χ1n) is 8.52. The number of nitrogens with zero attached hydrogens (tertiary/aromatic N) is 2. The van der Waals surface area contributed by atoms with Gasteiger partial charge in [0.05, 0.1) is 18.8 Å². The number of hydrogen-bond donors (Lipinski definition) is 3. The fraction of sp³-hybridized carbons (Fsp3) is 0.150. The second kappa shape index (κ2) is 7.83. The maximum absolute atomic E-state index is 12.7. The Morgan fingerprint density at radius 2 is 2.00 bits per heavy atom. The Kier molecular flexibility index (Phi) is 5.30. The Morgan fingerprint density at radius 3 is 2.71 bits per heavy atom. The number of para-hydroxylation sites is 1. The highest BCUT2D eigenvalue weighted by Gasteiger charge is 2.21. The van der Waals surface area contributed by atoms with E-state index >= 15 is 0 Å². The van der Waals surface area contributed by atoms with Crippen molar-refractivity contribution in [1.29, 1.82) is 0 Å². The first-order chi connectivity index (χ1) is 13.5. The number of ether oxygens (including phenoxy) is 1. The van der Waals surface area contributed by atoms with E-state index < -0.39 is 11.5 Å². The monoisotopic (exact) mass is 381 g/mol. The van der Waals surface area contributed by atoms with Gasteiger partial charge in [-0.3, -0.25) is 9.59 Å². The summed E-state index contributed by atoms with van der Waals surface area (Å²) in [6.45, 7) is 2.12. The fourth-order valence-electron chi connectivity index (χ4n) is 2.90. The molecule has 0 fully saturated rings. The summed E-state index contributed by atoms with van der Waals surface area (Å²) in [6, 6.07) is 11.3. The molecule has 1 heterocycles. The molecule has 0 radical (unpaired) electrons. The molecule has 0 aliphatic carbocycles. The molecule has 28 heavy (non-hydrogen) atoms. The zero-order valence-corrected chi connectivity index (χ0v) is 15.3. The van der Waals surface area contributed by atoms with Gasteiger partial charge in [-0.1, -0.05) is 12.1 Å². The standard InChI is InChI=1S/C20H19N3O5/c1-3-23-14-7-5-4-6-13(14)18(25)17(20(23)27)19(26)22-21-11-12-8-9-15(24)16(10-12)28-2/h4-11,24-25H,3H2,1-2H3,(H,22,26)/b21-11+. The number of aromatic nitrogens is 1. The molecule has 0 bridgehead atoms. The van der Waals surface area contributed by atoms with Crippen molar-refractivity contribution < 1.29 is 19.7 Å². The van der Waals surface area contributed by atoms with E-state index in [1.807, 2.05) is 0 Å². The molecule has 0 unspecified atom stereocenters. The van der Waals surface area contributed by atoms with Crippen molar-refractivity contribution in [2.75, 3.05) is 7.11 Å². The van der Waals surface area contributed by atoms with Crippen LogP contribution in [-0.2, 0) is 6.54 Å². The van der Waals surface area contributed by atoms with Crippen LogP contribution in [0.15, 0.2) is 52.4 Å². The van der Waals surface area contributed by atoms with Gasteiger partial charge in [-0.15, -0.1) is 0 Å². The van der Waals surface area contributed by atoms with Crippen molar-refractivity contribution in [2.24, 2.45) is 5.10 Å². The van der Waals surface area contributed by atoms with Crippen LogP contribution in [0.4, 0.5) is 0 Å². The molecule has 3 aromatic rings. The molecule has 0 atom stereocenters. The first kappa shape index (κ1) is 19.0. The van der Waals surface area contributed by atoms with E-state index in [0.29, 0.717) is 23.0 Å². The summed E-state index contributed by atoms with van der Waals surface area (Å²) in [6.07, 6.45) is 1.33. The number of aromatic hydroxyl groups is 2. The van der Waals surface area contributed by atoms with Crippen LogP contribution in [0.25, 0.3) is 10.9 Å². The number of phenolic OH excluding ortho intramolecular Hbond substituents is 1. The van der Waals surface area contributed by atoms with Gasteiger partial charge in [0.15, 0.2) is 11.5 Å². The zero-order valence-electron chi connectivity index (χ0n) is 15.3. The van der Waals surface area contributed by atoms with Gasteiger partial charge in [-0.25, -0.2) is 5.43 Å². The molecule has 2 aromatic carbocycles. The van der Waals surface area contributed by atoms with E-state index in [2.05, 4.69) is 10.5 Å². The smallest absolute Gasteiger partial charge is 0.280 e. The van der Waals surface area contributed by atoms with Crippen LogP contribution in [0, 0.1) is 0 Å². The van der Waals surface area contributed by atoms with Crippen LogP contribution in [0.1, 0.15) is 22.8 Å². The normalized spacial score (nSPS) is 11.1. The highest BCUT2D eigenvalue weighted by molar-refractivity contribution is 6.02. The number of fused-ring (bicyclic) bond motifs is 1. The third kappa shape index (κ3) is 3.39. The molecule has 0 saturated carbocycles. The number of nitrogens with one attached hydrogen (secondary N) is 1. The van der Waals surface area contributed by atoms with Gasteiger partial charge < -0.3 is 19.5 Å². The molecule has 3 rings (SSSR count). The minimum Gasteiger partial charge on any atom is -0.506 e. The summed E-state index contributed by atoms with van der Waals surface area (Å²) in [5.74, 6) is -0.972. The fourth-order valence-corrected chi connectivity index (χ4v) is 2.90. The van der Waals surface area contributed by atoms with Gasteiger partial charge in [-0.05, 0) is 42.8 Å². The van der Waals surface area contributed by atoms with Crippen LogP contribution in [-0.4, -0.2) is 34.0 Å². The van der Waals surface area contributed by atoms with Crippen LogP contribution in [0.5, 0.6) is 17.2 Å². The van der Waals surface area contributed by atoms with Crippen molar-refractivity contribution in [3.05, 3.63) is 63.9 Å². The molecule has 8 nitrogen and oxygen atoms in total. The molecule has 0 aliphatic rings. The van der Waals surface area contributed by atoms with Crippen LogP contribution in [0.2, 0.25) is 0 Å². The molecular weight excluding hydrogens is 362 g/mol. The summed E-state index contributed by atoms with van der Waals surface area (Å²) in [7, 11) is 1.42. The number of hydrazone groups is 1. The zero-order chi connectivity index (χ0) is 20.3. The molecule has 1 amide bonds. The highest BCUT2D eigenvalue weighted by Crippen LogP contribution is 2.27. The Balaban J connectivity index is 1.93. The number of methoxy groups -OCH3 is 1. The van der Waals surface area contributed by atoms with Gasteiger partial charge >= 0.3 is 0 Å². The van der Waals surface area contributed by atoms with Gasteiger partial charge in [0.25, 0.3) is 11.5 Å². The van der Waals surface area contributed by atoms with Crippen LogP contribution in [0.3, 0.4) is 0 Å². The van der Waals surface area contributed by atoms with E-state index in [1.54, 1.807) is 37.3 Å². The number of aryl methyl sites for hydroxylation is 1. The number of amides is 1. The van der Waals surface area contributed by atoms with Crippen molar-refractivity contribution in [3.63, 3.8) is 0 Å². The molecule has 1 aromatic heterocycles. The SMILES string of the molecule is CCn1c(=O)c(C(=O)N/N=C/c2ccc(O)c(OC)c2)c(O)c2ccccc21. The van der Waals surface area contributed by atoms with E-state index in [9.17, 15) is 19.8 Å². The quantitative estimate of drug-likeness (QED) is 0.463. The van der Waals surface area contributed by atoms with Crippen molar-refractivity contribution >= 4 is 23.0 Å². The highest BCUT2D eigenvalue weighted by atomic mass is 16.5.